The minimum Gasteiger partial charge on any atom is -0.504 e. The number of ether oxygens (including phenoxy) is 1. The number of carbonyl (C=O) groups is 1. The van der Waals surface area contributed by atoms with E-state index in [1.807, 2.05) is 31.3 Å². The normalized spacial score (nSPS) is 17.5. The second-order valence-electron chi connectivity index (χ2n) is 11.2. The first kappa shape index (κ1) is 31.6. The smallest absolute Gasteiger partial charge is 0.227 e. The molecule has 2 heterocycles. The van der Waals surface area contributed by atoms with Crippen molar-refractivity contribution in [2.24, 2.45) is 16.5 Å². The van der Waals surface area contributed by atoms with Crippen molar-refractivity contribution in [3.05, 3.63) is 82.2 Å². The molecule has 9 N–H and O–H groups in total. The summed E-state index contributed by atoms with van der Waals surface area (Å²) in [4.78, 5) is 18.0. The molecule has 0 aromatic heterocycles. The predicted molar refractivity (Wildman–Crippen MR) is 160 cm³/mol. The number of Topliss-reactive ketones (excluding diaryl/α,β-unsaturated/α-hetero) is 1. The molecule has 4 rings (SSSR count). The Morgan fingerprint density at radius 3 is 2.67 bits per heavy atom. The number of nitrogens with zero attached hydrogens (tertiary/aromatic N) is 1. The fourth-order valence-electron chi connectivity index (χ4n) is 5.38. The van der Waals surface area contributed by atoms with E-state index in [4.69, 9.17) is 16.2 Å². The number of quaternary nitrogens is 1. The Kier molecular flexibility index (Phi) is 11.0. The second kappa shape index (κ2) is 14.7. The maximum absolute atomic E-state index is 12.4. The Balaban J connectivity index is 1.31. The molecular weight excluding hydrogens is 536 g/mol. The van der Waals surface area contributed by atoms with Crippen molar-refractivity contribution in [3.8, 4) is 11.5 Å². The van der Waals surface area contributed by atoms with Crippen molar-refractivity contribution < 1.29 is 34.9 Å². The highest BCUT2D eigenvalue weighted by atomic mass is 16.5. The zero-order valence-electron chi connectivity index (χ0n) is 24.1. The number of carbonyl (C=O) groups excluding carboxylic acids is 1. The van der Waals surface area contributed by atoms with E-state index < -0.39 is 18.4 Å². The van der Waals surface area contributed by atoms with E-state index >= 15 is 0 Å². The zero-order valence-corrected chi connectivity index (χ0v) is 24.1. The number of aliphatic hydroxyl groups excluding tert-OH is 3. The molecule has 10 nitrogen and oxygen atoms in total. The van der Waals surface area contributed by atoms with E-state index in [-0.39, 0.29) is 44.1 Å². The number of hydrogen-bond donors (Lipinski definition) is 7. The number of aryl methyl sites for hydroxylation is 1. The van der Waals surface area contributed by atoms with Crippen LogP contribution in [0.3, 0.4) is 0 Å². The number of rotatable bonds is 16. The van der Waals surface area contributed by atoms with Gasteiger partial charge in [-0.15, -0.1) is 0 Å². The average molecular weight is 580 g/mol. The van der Waals surface area contributed by atoms with Crippen molar-refractivity contribution in [2.45, 2.75) is 76.9 Å². The maximum atomic E-state index is 12.4. The maximum Gasteiger partial charge on any atom is 0.227 e. The first-order valence-electron chi connectivity index (χ1n) is 14.6. The van der Waals surface area contributed by atoms with Gasteiger partial charge in [-0.05, 0) is 59.2 Å². The molecule has 0 bridgehead atoms. The summed E-state index contributed by atoms with van der Waals surface area (Å²) < 4.78 is 5.98. The van der Waals surface area contributed by atoms with Gasteiger partial charge in [-0.3, -0.25) is 14.7 Å². The van der Waals surface area contributed by atoms with Gasteiger partial charge in [-0.2, -0.15) is 0 Å². The SMILES string of the molecule is CCCC(O)CC(O)CC(=O)CCc1ccc(O)c(OC[NH+]2C=C3C(Cc4cc(C(N)N)ccc4CO)=CN=C3C2)c1. The van der Waals surface area contributed by atoms with Gasteiger partial charge >= 0.3 is 0 Å². The zero-order chi connectivity index (χ0) is 30.2. The summed E-state index contributed by atoms with van der Waals surface area (Å²) in [5.74, 6) is 0.282. The molecule has 0 fully saturated rings. The molecule has 0 amide bonds. The highest BCUT2D eigenvalue weighted by Crippen LogP contribution is 2.29. The van der Waals surface area contributed by atoms with Gasteiger partial charge in [0.05, 0.1) is 30.6 Å². The Bertz CT molecular complexity index is 1350. The van der Waals surface area contributed by atoms with Crippen LogP contribution in [0.2, 0.25) is 0 Å². The standard InChI is InChI=1S/C32H42N4O6/c1-2-3-25(38)13-27(40)14-26(39)8-4-20-5-9-30(41)31(10-20)42-19-36-16-28-24(15-35-29(28)17-36)12-23-11-21(32(33)34)6-7-22(23)18-37/h5-7,9-11,15-16,25,27,32,37-38,40-41H,2-4,8,12-14,17-19,33-34H2,1H3/p+1. The van der Waals surface area contributed by atoms with Crippen LogP contribution in [-0.4, -0.2) is 57.4 Å². The van der Waals surface area contributed by atoms with Crippen LogP contribution in [0.25, 0.3) is 0 Å². The Hall–Kier alpha value is -3.38. The number of phenolic OH excluding ortho intramolecular Hbond substituents is 1. The van der Waals surface area contributed by atoms with Crippen LogP contribution in [0.1, 0.15) is 67.4 Å². The van der Waals surface area contributed by atoms with Crippen molar-refractivity contribution in [2.75, 3.05) is 13.3 Å². The number of aliphatic imine (C=N–C) groups is 1. The quantitative estimate of drug-likeness (QED) is 0.146. The average Bonchev–Trinajstić information content (AvgIpc) is 3.53. The third kappa shape index (κ3) is 8.34. The van der Waals surface area contributed by atoms with E-state index in [1.54, 1.807) is 18.2 Å². The van der Waals surface area contributed by atoms with Gasteiger partial charge in [-0.1, -0.05) is 37.6 Å². The molecule has 3 unspecified atom stereocenters. The minimum atomic E-state index is -0.846. The lowest BCUT2D eigenvalue weighted by atomic mass is 9.94. The number of nitrogens with two attached hydrogens (primary N) is 2. The van der Waals surface area contributed by atoms with Crippen LogP contribution in [0.5, 0.6) is 11.5 Å². The number of benzene rings is 2. The van der Waals surface area contributed by atoms with Crippen molar-refractivity contribution in [3.63, 3.8) is 0 Å². The summed E-state index contributed by atoms with van der Waals surface area (Å²) in [6.45, 7) is 2.80. The molecule has 2 aromatic rings. The number of hydrogen-bond acceptors (Lipinski definition) is 9. The van der Waals surface area contributed by atoms with E-state index in [9.17, 15) is 25.2 Å². The Morgan fingerprint density at radius 2 is 1.93 bits per heavy atom. The lowest BCUT2D eigenvalue weighted by Crippen LogP contribution is -3.07. The van der Waals surface area contributed by atoms with Gasteiger partial charge in [0.1, 0.15) is 24.2 Å². The van der Waals surface area contributed by atoms with Crippen LogP contribution < -0.4 is 21.1 Å². The molecular formula is C32H43N4O6+. The number of phenols is 1. The topological polar surface area (TPSA) is 176 Å². The monoisotopic (exact) mass is 579 g/mol. The van der Waals surface area contributed by atoms with Crippen LogP contribution in [0, 0.1) is 0 Å². The van der Waals surface area contributed by atoms with Crippen LogP contribution >= 0.6 is 0 Å². The Labute approximate surface area is 246 Å². The van der Waals surface area contributed by atoms with Crippen molar-refractivity contribution >= 4 is 11.5 Å². The highest BCUT2D eigenvalue weighted by molar-refractivity contribution is 6.08. The third-order valence-electron chi connectivity index (χ3n) is 7.70. The van der Waals surface area contributed by atoms with Gasteiger partial charge in [0, 0.05) is 25.5 Å². The van der Waals surface area contributed by atoms with Crippen LogP contribution in [0.15, 0.2) is 64.9 Å². The van der Waals surface area contributed by atoms with Gasteiger partial charge in [0.2, 0.25) is 6.73 Å². The number of nitrogens with one attached hydrogen (secondary N) is 1. The highest BCUT2D eigenvalue weighted by Gasteiger charge is 2.31. The summed E-state index contributed by atoms with van der Waals surface area (Å²) in [6.07, 6.45) is 4.83. The number of allylic oxidation sites excluding steroid dienone is 1. The first-order chi connectivity index (χ1) is 20.2. The van der Waals surface area contributed by atoms with E-state index in [1.165, 1.54) is 0 Å². The van der Waals surface area contributed by atoms with E-state index in [0.717, 1.165) is 50.4 Å². The predicted octanol–water partition coefficient (Wildman–Crippen LogP) is 1.30. The van der Waals surface area contributed by atoms with Crippen LogP contribution in [-0.2, 0) is 24.2 Å². The molecule has 10 heteroatoms. The molecule has 0 spiro atoms. The summed E-state index contributed by atoms with van der Waals surface area (Å²) >= 11 is 0. The molecule has 3 atom stereocenters. The van der Waals surface area contributed by atoms with Gasteiger partial charge in [0.15, 0.2) is 11.5 Å². The fraction of sp³-hybridized carbons (Fsp3) is 0.438. The van der Waals surface area contributed by atoms with Crippen molar-refractivity contribution in [1.82, 2.24) is 0 Å². The lowest BCUT2D eigenvalue weighted by Gasteiger charge is -2.15. The third-order valence-corrected chi connectivity index (χ3v) is 7.70. The van der Waals surface area contributed by atoms with Crippen molar-refractivity contribution in [1.29, 1.82) is 0 Å². The molecule has 42 heavy (non-hydrogen) atoms. The fourth-order valence-corrected chi connectivity index (χ4v) is 5.38. The Morgan fingerprint density at radius 1 is 1.12 bits per heavy atom. The molecule has 2 aromatic carbocycles. The summed E-state index contributed by atoms with van der Waals surface area (Å²) in [6, 6.07) is 10.7. The van der Waals surface area contributed by atoms with Crippen LogP contribution in [0.4, 0.5) is 0 Å². The number of aromatic hydroxyl groups is 1. The number of aliphatic hydroxyl groups is 3. The molecule has 226 valence electrons. The van der Waals surface area contributed by atoms with Gasteiger partial charge in [-0.25, -0.2) is 0 Å². The second-order valence-corrected chi connectivity index (χ2v) is 11.2. The summed E-state index contributed by atoms with van der Waals surface area (Å²) in [7, 11) is 0. The van der Waals surface area contributed by atoms with Gasteiger partial charge in [0.25, 0.3) is 0 Å². The molecule has 2 aliphatic rings. The minimum absolute atomic E-state index is 0.0167. The molecule has 0 saturated carbocycles. The number of fused-ring (bicyclic) bond motifs is 1. The van der Waals surface area contributed by atoms with E-state index in [0.29, 0.717) is 31.6 Å². The summed E-state index contributed by atoms with van der Waals surface area (Å²) in [5, 5.41) is 40.1. The largest absolute Gasteiger partial charge is 0.504 e. The molecule has 0 radical (unpaired) electrons. The molecule has 0 saturated heterocycles. The number of ketones is 1. The first-order valence-corrected chi connectivity index (χ1v) is 14.6. The van der Waals surface area contributed by atoms with E-state index in [2.05, 4.69) is 11.2 Å². The molecule has 0 aliphatic carbocycles. The summed E-state index contributed by atoms with van der Waals surface area (Å²) in [5.41, 5.74) is 18.2. The van der Waals surface area contributed by atoms with Gasteiger partial charge < -0.3 is 36.6 Å². The lowest BCUT2D eigenvalue weighted by molar-refractivity contribution is -0.851. The molecule has 2 aliphatic heterocycles.